The Hall–Kier alpha value is -0.650. The fraction of sp³-hybridized carbons (Fsp3) is 0.923. The van der Waals surface area contributed by atoms with E-state index in [1.165, 1.54) is 0 Å². The van der Waals surface area contributed by atoms with Gasteiger partial charge in [-0.15, -0.1) is 0 Å². The van der Waals surface area contributed by atoms with Crippen LogP contribution >= 0.6 is 0 Å². The molecule has 1 heterocycles. The van der Waals surface area contributed by atoms with E-state index >= 15 is 0 Å². The van der Waals surface area contributed by atoms with Gasteiger partial charge in [0.1, 0.15) is 6.04 Å². The summed E-state index contributed by atoms with van der Waals surface area (Å²) in [5, 5.41) is 12.4. The van der Waals surface area contributed by atoms with Crippen molar-refractivity contribution < 1.29 is 14.6 Å². The molecule has 1 aliphatic carbocycles. The Kier molecular flexibility index (Phi) is 4.97. The van der Waals surface area contributed by atoms with Crippen LogP contribution in [0.1, 0.15) is 32.6 Å². The summed E-state index contributed by atoms with van der Waals surface area (Å²) >= 11 is 0. The van der Waals surface area contributed by atoms with Gasteiger partial charge in [0.15, 0.2) is 0 Å². The third kappa shape index (κ3) is 3.22. The molecule has 1 unspecified atom stereocenters. The molecule has 2 aliphatic rings. The molecule has 1 saturated heterocycles. The number of amides is 1. The van der Waals surface area contributed by atoms with Crippen LogP contribution < -0.4 is 5.32 Å². The highest BCUT2D eigenvalue weighted by molar-refractivity contribution is 5.82. The predicted octanol–water partition coefficient (Wildman–Crippen LogP) is 0.127. The molecule has 1 aliphatic heterocycles. The van der Waals surface area contributed by atoms with Crippen molar-refractivity contribution in [3.8, 4) is 0 Å². The van der Waals surface area contributed by atoms with Gasteiger partial charge in [-0.25, -0.2) is 0 Å². The molecule has 18 heavy (non-hydrogen) atoms. The monoisotopic (exact) mass is 256 g/mol. The maximum atomic E-state index is 12.0. The average Bonchev–Trinajstić information content (AvgIpc) is 2.40. The van der Waals surface area contributed by atoms with Crippen LogP contribution in [-0.4, -0.2) is 60.4 Å². The number of aliphatic hydroxyl groups excluding tert-OH is 1. The van der Waals surface area contributed by atoms with Gasteiger partial charge in [0, 0.05) is 19.1 Å². The summed E-state index contributed by atoms with van der Waals surface area (Å²) in [6.07, 6.45) is 3.52. The molecule has 2 rings (SSSR count). The molecule has 2 fully saturated rings. The second-order valence-electron chi connectivity index (χ2n) is 5.19. The first-order valence-corrected chi connectivity index (χ1v) is 7.01. The van der Waals surface area contributed by atoms with E-state index in [4.69, 9.17) is 4.74 Å². The maximum absolute atomic E-state index is 12.0. The van der Waals surface area contributed by atoms with Crippen molar-refractivity contribution in [2.75, 3.05) is 26.3 Å². The largest absolute Gasteiger partial charge is 0.393 e. The first-order valence-electron chi connectivity index (χ1n) is 7.01. The van der Waals surface area contributed by atoms with Crippen LogP contribution in [0.3, 0.4) is 0 Å². The number of rotatable bonds is 3. The van der Waals surface area contributed by atoms with E-state index in [1.54, 1.807) is 0 Å². The number of carbonyl (C=O) groups is 1. The number of hydrogen-bond donors (Lipinski definition) is 2. The number of nitrogens with one attached hydrogen (secondary N) is 1. The van der Waals surface area contributed by atoms with Crippen LogP contribution in [0.25, 0.3) is 0 Å². The van der Waals surface area contributed by atoms with Crippen molar-refractivity contribution in [2.24, 2.45) is 0 Å². The Morgan fingerprint density at radius 3 is 2.78 bits per heavy atom. The number of hydrogen-bond acceptors (Lipinski definition) is 4. The molecule has 0 aromatic rings. The smallest absolute Gasteiger partial charge is 0.239 e. The van der Waals surface area contributed by atoms with E-state index in [0.717, 1.165) is 32.2 Å². The van der Waals surface area contributed by atoms with Gasteiger partial charge in [0.2, 0.25) is 5.91 Å². The number of ether oxygens (including phenoxy) is 1. The summed E-state index contributed by atoms with van der Waals surface area (Å²) in [7, 11) is 0. The molecule has 1 amide bonds. The Balaban J connectivity index is 1.96. The highest BCUT2D eigenvalue weighted by atomic mass is 16.5. The van der Waals surface area contributed by atoms with Gasteiger partial charge in [0.05, 0.1) is 19.3 Å². The number of aliphatic hydroxyl groups is 1. The van der Waals surface area contributed by atoms with Crippen molar-refractivity contribution >= 4 is 5.91 Å². The van der Waals surface area contributed by atoms with Gasteiger partial charge in [-0.05, 0) is 32.6 Å². The quantitative estimate of drug-likeness (QED) is 0.753. The molecular formula is C13H24N2O3. The van der Waals surface area contributed by atoms with Gasteiger partial charge >= 0.3 is 0 Å². The van der Waals surface area contributed by atoms with E-state index in [-0.39, 0.29) is 18.1 Å². The number of morpholine rings is 1. The fourth-order valence-corrected chi connectivity index (χ4v) is 2.96. The lowest BCUT2D eigenvalue weighted by atomic mass is 9.91. The summed E-state index contributed by atoms with van der Waals surface area (Å²) in [4.78, 5) is 14.3. The van der Waals surface area contributed by atoms with Crippen LogP contribution in [0.4, 0.5) is 0 Å². The number of carbonyl (C=O) groups excluding carboxylic acids is 1. The lowest BCUT2D eigenvalue weighted by Gasteiger charge is -2.42. The molecule has 0 aromatic heterocycles. The molecule has 1 atom stereocenters. The van der Waals surface area contributed by atoms with Crippen molar-refractivity contribution in [1.29, 1.82) is 0 Å². The van der Waals surface area contributed by atoms with E-state index in [2.05, 4.69) is 10.2 Å². The van der Waals surface area contributed by atoms with E-state index in [1.807, 2.05) is 6.92 Å². The van der Waals surface area contributed by atoms with E-state index in [0.29, 0.717) is 25.8 Å². The molecular weight excluding hydrogens is 232 g/mol. The first kappa shape index (κ1) is 13.8. The summed E-state index contributed by atoms with van der Waals surface area (Å²) in [5.41, 5.74) is 0. The minimum absolute atomic E-state index is 0.0725. The summed E-state index contributed by atoms with van der Waals surface area (Å²) in [5.74, 6) is 0.0725. The second kappa shape index (κ2) is 6.50. The van der Waals surface area contributed by atoms with Crippen LogP contribution in [0.2, 0.25) is 0 Å². The third-order valence-electron chi connectivity index (χ3n) is 3.96. The minimum Gasteiger partial charge on any atom is -0.393 e. The van der Waals surface area contributed by atoms with Crippen molar-refractivity contribution in [3.63, 3.8) is 0 Å². The lowest BCUT2D eigenvalue weighted by molar-refractivity contribution is -0.135. The van der Waals surface area contributed by atoms with Crippen molar-refractivity contribution in [1.82, 2.24) is 10.2 Å². The number of likely N-dealkylation sites (N-methyl/N-ethyl adjacent to an activating group) is 1. The zero-order valence-electron chi connectivity index (χ0n) is 11.1. The maximum Gasteiger partial charge on any atom is 0.239 e. The highest BCUT2D eigenvalue weighted by Crippen LogP contribution is 2.25. The van der Waals surface area contributed by atoms with Gasteiger partial charge in [0.25, 0.3) is 0 Å². The predicted molar refractivity (Wildman–Crippen MR) is 68.3 cm³/mol. The van der Waals surface area contributed by atoms with E-state index < -0.39 is 0 Å². The third-order valence-corrected chi connectivity index (χ3v) is 3.96. The second-order valence-corrected chi connectivity index (χ2v) is 5.19. The number of nitrogens with zero attached hydrogens (tertiary/aromatic N) is 1. The highest BCUT2D eigenvalue weighted by Gasteiger charge is 2.35. The summed E-state index contributed by atoms with van der Waals surface area (Å²) < 4.78 is 5.44. The van der Waals surface area contributed by atoms with E-state index in [9.17, 15) is 9.90 Å². The van der Waals surface area contributed by atoms with Gasteiger partial charge in [-0.2, -0.15) is 0 Å². The molecule has 104 valence electrons. The van der Waals surface area contributed by atoms with Crippen molar-refractivity contribution in [2.45, 2.75) is 50.8 Å². The molecule has 5 heteroatoms. The van der Waals surface area contributed by atoms with Crippen LogP contribution in [0.15, 0.2) is 0 Å². The molecule has 1 saturated carbocycles. The lowest BCUT2D eigenvalue weighted by Crippen LogP contribution is -2.57. The molecule has 2 N–H and O–H groups in total. The Morgan fingerprint density at radius 2 is 2.11 bits per heavy atom. The Labute approximate surface area is 108 Å². The zero-order valence-corrected chi connectivity index (χ0v) is 11.1. The first-order chi connectivity index (χ1) is 8.72. The topological polar surface area (TPSA) is 61.8 Å². The molecule has 0 spiro atoms. The molecule has 5 nitrogen and oxygen atoms in total. The SMILES string of the molecule is CCNC(=O)C1COCCN1C1CCC(O)CC1. The fourth-order valence-electron chi connectivity index (χ4n) is 2.96. The van der Waals surface area contributed by atoms with Crippen LogP contribution in [0, 0.1) is 0 Å². The van der Waals surface area contributed by atoms with Crippen LogP contribution in [-0.2, 0) is 9.53 Å². The Morgan fingerprint density at radius 1 is 1.39 bits per heavy atom. The standard InChI is InChI=1S/C13H24N2O3/c1-2-14-13(17)12-9-18-8-7-15(12)10-3-5-11(16)6-4-10/h10-12,16H,2-9H2,1H3,(H,14,17). The zero-order chi connectivity index (χ0) is 13.0. The summed E-state index contributed by atoms with van der Waals surface area (Å²) in [6.45, 7) is 4.61. The van der Waals surface area contributed by atoms with Gasteiger partial charge in [-0.3, -0.25) is 9.69 Å². The molecule has 0 radical (unpaired) electrons. The minimum atomic E-state index is -0.154. The van der Waals surface area contributed by atoms with Gasteiger partial charge in [-0.1, -0.05) is 0 Å². The molecule has 0 bridgehead atoms. The van der Waals surface area contributed by atoms with Crippen molar-refractivity contribution in [3.05, 3.63) is 0 Å². The Bertz CT molecular complexity index is 277. The molecule has 0 aromatic carbocycles. The summed E-state index contributed by atoms with van der Waals surface area (Å²) in [6, 6.07) is 0.267. The average molecular weight is 256 g/mol. The normalized spacial score (nSPS) is 34.2. The van der Waals surface area contributed by atoms with Crippen LogP contribution in [0.5, 0.6) is 0 Å². The van der Waals surface area contributed by atoms with Gasteiger partial charge < -0.3 is 15.2 Å².